The van der Waals surface area contributed by atoms with E-state index in [0.717, 1.165) is 4.47 Å². The van der Waals surface area contributed by atoms with Crippen molar-refractivity contribution in [3.8, 4) is 11.5 Å². The monoisotopic (exact) mass is 391 g/mol. The van der Waals surface area contributed by atoms with Crippen LogP contribution in [-0.2, 0) is 9.59 Å². The van der Waals surface area contributed by atoms with Crippen LogP contribution in [-0.4, -0.2) is 30.2 Å². The summed E-state index contributed by atoms with van der Waals surface area (Å²) in [5, 5.41) is 15.7. The topological polar surface area (TPSA) is 100 Å². The van der Waals surface area contributed by atoms with Crippen molar-refractivity contribution >= 4 is 39.6 Å². The molecule has 0 atom stereocenters. The number of benzene rings is 2. The summed E-state index contributed by atoms with van der Waals surface area (Å²) in [6.45, 7) is 0. The van der Waals surface area contributed by atoms with Crippen LogP contribution >= 0.6 is 15.9 Å². The van der Waals surface area contributed by atoms with Gasteiger partial charge < -0.3 is 15.2 Å². The summed E-state index contributed by atoms with van der Waals surface area (Å²) >= 11 is 3.25. The molecule has 2 rings (SSSR count). The number of hydrogen-bond acceptors (Lipinski definition) is 5. The van der Waals surface area contributed by atoms with Gasteiger partial charge >= 0.3 is 11.8 Å². The molecule has 0 aromatic heterocycles. The Kier molecular flexibility index (Phi) is 5.91. The van der Waals surface area contributed by atoms with Crippen LogP contribution in [0.4, 0.5) is 5.69 Å². The van der Waals surface area contributed by atoms with Crippen molar-refractivity contribution in [2.24, 2.45) is 5.10 Å². The highest BCUT2D eigenvalue weighted by Crippen LogP contribution is 2.20. The first-order chi connectivity index (χ1) is 11.5. The Hall–Kier alpha value is -2.87. The molecule has 0 aliphatic carbocycles. The first-order valence-electron chi connectivity index (χ1n) is 6.76. The smallest absolute Gasteiger partial charge is 0.329 e. The van der Waals surface area contributed by atoms with Crippen molar-refractivity contribution in [3.05, 3.63) is 52.5 Å². The van der Waals surface area contributed by atoms with E-state index in [-0.39, 0.29) is 5.75 Å². The van der Waals surface area contributed by atoms with Crippen molar-refractivity contribution in [1.29, 1.82) is 0 Å². The van der Waals surface area contributed by atoms with Gasteiger partial charge in [0.2, 0.25) is 0 Å². The minimum absolute atomic E-state index is 0.00275. The molecule has 2 amide bonds. The number of carbonyl (C=O) groups is 2. The van der Waals surface area contributed by atoms with Crippen molar-refractivity contribution in [2.45, 2.75) is 0 Å². The molecular formula is C16H14BrN3O4. The maximum atomic E-state index is 11.8. The molecule has 0 saturated heterocycles. The average Bonchev–Trinajstić information content (AvgIpc) is 2.58. The van der Waals surface area contributed by atoms with Gasteiger partial charge in [-0.15, -0.1) is 0 Å². The third kappa shape index (κ3) is 4.82. The number of nitrogens with one attached hydrogen (secondary N) is 2. The first-order valence-corrected chi connectivity index (χ1v) is 7.56. The Morgan fingerprint density at radius 3 is 2.75 bits per heavy atom. The number of halogens is 1. The summed E-state index contributed by atoms with van der Waals surface area (Å²) in [5.41, 5.74) is 2.89. The Balaban J connectivity index is 1.95. The standard InChI is InChI=1S/C16H14BrN3O4/c1-24-13-4-2-3-12(8-13)19-15(22)16(23)20-18-9-10-7-11(17)5-6-14(10)21/h2-9,21H,1H3,(H,19,22)(H,20,23)/b18-9-. The van der Waals surface area contributed by atoms with Crippen molar-refractivity contribution in [1.82, 2.24) is 5.43 Å². The lowest BCUT2D eigenvalue weighted by atomic mass is 10.2. The minimum Gasteiger partial charge on any atom is -0.507 e. The lowest BCUT2D eigenvalue weighted by molar-refractivity contribution is -0.136. The fraction of sp³-hybridized carbons (Fsp3) is 0.0625. The summed E-state index contributed by atoms with van der Waals surface area (Å²) in [6, 6.07) is 11.3. The zero-order valence-electron chi connectivity index (χ0n) is 12.6. The quantitative estimate of drug-likeness (QED) is 0.422. The van der Waals surface area contributed by atoms with Gasteiger partial charge in [-0.3, -0.25) is 9.59 Å². The highest BCUT2D eigenvalue weighted by molar-refractivity contribution is 9.10. The lowest BCUT2D eigenvalue weighted by Gasteiger charge is -2.06. The maximum absolute atomic E-state index is 11.8. The van der Waals surface area contributed by atoms with E-state index >= 15 is 0 Å². The molecule has 0 radical (unpaired) electrons. The van der Waals surface area contributed by atoms with E-state index in [4.69, 9.17) is 4.74 Å². The van der Waals surface area contributed by atoms with Crippen LogP contribution in [0, 0.1) is 0 Å². The van der Waals surface area contributed by atoms with E-state index in [0.29, 0.717) is 17.0 Å². The molecule has 0 saturated carbocycles. The summed E-state index contributed by atoms with van der Waals surface area (Å²) in [4.78, 5) is 23.5. The molecule has 2 aromatic carbocycles. The third-order valence-electron chi connectivity index (χ3n) is 2.89. The molecule has 0 spiro atoms. The largest absolute Gasteiger partial charge is 0.507 e. The molecule has 0 heterocycles. The molecule has 124 valence electrons. The Morgan fingerprint density at radius 1 is 1.21 bits per heavy atom. The molecule has 2 aromatic rings. The van der Waals surface area contributed by atoms with Gasteiger partial charge in [0.05, 0.1) is 13.3 Å². The summed E-state index contributed by atoms with van der Waals surface area (Å²) in [5.74, 6) is -1.27. The van der Waals surface area contributed by atoms with Crippen LogP contribution in [0.3, 0.4) is 0 Å². The summed E-state index contributed by atoms with van der Waals surface area (Å²) < 4.78 is 5.77. The fourth-order valence-corrected chi connectivity index (χ4v) is 2.11. The molecule has 0 aliphatic heterocycles. The van der Waals surface area contributed by atoms with Gasteiger partial charge in [0.15, 0.2) is 0 Å². The normalized spacial score (nSPS) is 10.4. The van der Waals surface area contributed by atoms with Gasteiger partial charge in [-0.25, -0.2) is 5.43 Å². The second kappa shape index (κ2) is 8.11. The predicted octanol–water partition coefficient (Wildman–Crippen LogP) is 2.25. The Labute approximate surface area is 146 Å². The third-order valence-corrected chi connectivity index (χ3v) is 3.39. The van der Waals surface area contributed by atoms with E-state index in [2.05, 4.69) is 31.8 Å². The van der Waals surface area contributed by atoms with E-state index in [9.17, 15) is 14.7 Å². The zero-order chi connectivity index (χ0) is 17.5. The van der Waals surface area contributed by atoms with Crippen LogP contribution in [0.15, 0.2) is 52.0 Å². The molecule has 0 fully saturated rings. The number of amides is 2. The van der Waals surface area contributed by atoms with Crippen molar-refractivity contribution in [2.75, 3.05) is 12.4 Å². The van der Waals surface area contributed by atoms with E-state index in [1.54, 1.807) is 36.4 Å². The van der Waals surface area contributed by atoms with E-state index in [1.165, 1.54) is 19.4 Å². The van der Waals surface area contributed by atoms with Crippen LogP contribution in [0.25, 0.3) is 0 Å². The Bertz CT molecular complexity index is 793. The van der Waals surface area contributed by atoms with Gasteiger partial charge in [0.25, 0.3) is 0 Å². The maximum Gasteiger partial charge on any atom is 0.329 e. The Morgan fingerprint density at radius 2 is 2.00 bits per heavy atom. The summed E-state index contributed by atoms with van der Waals surface area (Å²) in [7, 11) is 1.50. The SMILES string of the molecule is COc1cccc(NC(=O)C(=O)N/N=C\c2cc(Br)ccc2O)c1. The number of hydrogen-bond donors (Lipinski definition) is 3. The number of methoxy groups -OCH3 is 1. The zero-order valence-corrected chi connectivity index (χ0v) is 14.2. The summed E-state index contributed by atoms with van der Waals surface area (Å²) in [6.07, 6.45) is 1.23. The van der Waals surface area contributed by atoms with Crippen molar-refractivity contribution in [3.63, 3.8) is 0 Å². The predicted molar refractivity (Wildman–Crippen MR) is 93.2 cm³/mol. The average molecular weight is 392 g/mol. The highest BCUT2D eigenvalue weighted by Gasteiger charge is 2.13. The number of carbonyl (C=O) groups excluding carboxylic acids is 2. The van der Waals surface area contributed by atoms with Gasteiger partial charge in [0, 0.05) is 21.8 Å². The van der Waals surface area contributed by atoms with Crippen LogP contribution in [0.5, 0.6) is 11.5 Å². The number of hydrazone groups is 1. The molecule has 3 N–H and O–H groups in total. The molecule has 8 heteroatoms. The second-order valence-electron chi connectivity index (χ2n) is 4.59. The van der Waals surface area contributed by atoms with Crippen LogP contribution in [0.1, 0.15) is 5.56 Å². The van der Waals surface area contributed by atoms with Gasteiger partial charge in [-0.2, -0.15) is 5.10 Å². The van der Waals surface area contributed by atoms with Crippen LogP contribution in [0.2, 0.25) is 0 Å². The second-order valence-corrected chi connectivity index (χ2v) is 5.50. The lowest BCUT2D eigenvalue weighted by Crippen LogP contribution is -2.32. The molecule has 7 nitrogen and oxygen atoms in total. The van der Waals surface area contributed by atoms with E-state index < -0.39 is 11.8 Å². The number of phenols is 1. The first kappa shape index (κ1) is 17.5. The highest BCUT2D eigenvalue weighted by atomic mass is 79.9. The van der Waals surface area contributed by atoms with Crippen molar-refractivity contribution < 1.29 is 19.4 Å². The minimum atomic E-state index is -0.941. The fourth-order valence-electron chi connectivity index (χ4n) is 1.73. The molecule has 0 aliphatic rings. The number of nitrogens with zero attached hydrogens (tertiary/aromatic N) is 1. The van der Waals surface area contributed by atoms with Gasteiger partial charge in [-0.1, -0.05) is 22.0 Å². The number of aromatic hydroxyl groups is 1. The van der Waals surface area contributed by atoms with Crippen LogP contribution < -0.4 is 15.5 Å². The van der Waals surface area contributed by atoms with Gasteiger partial charge in [-0.05, 0) is 30.3 Å². The number of anilines is 1. The molecule has 0 bridgehead atoms. The number of phenolic OH excluding ortho intramolecular Hbond substituents is 1. The number of rotatable bonds is 4. The number of ether oxygens (including phenoxy) is 1. The van der Waals surface area contributed by atoms with E-state index in [1.807, 2.05) is 0 Å². The molecular weight excluding hydrogens is 378 g/mol. The van der Waals surface area contributed by atoms with Gasteiger partial charge in [0.1, 0.15) is 11.5 Å². The molecule has 24 heavy (non-hydrogen) atoms. The molecule has 0 unspecified atom stereocenters.